The van der Waals surface area contributed by atoms with Crippen LogP contribution in [0.25, 0.3) is 0 Å². The Morgan fingerprint density at radius 3 is 2.62 bits per heavy atom. The van der Waals surface area contributed by atoms with Crippen LogP contribution >= 0.6 is 22.6 Å². The largest absolute Gasteiger partial charge is 0.346 e. The zero-order valence-electron chi connectivity index (χ0n) is 11.2. The molecule has 2 aromatic carbocycles. The Bertz CT molecular complexity index is 688. The summed E-state index contributed by atoms with van der Waals surface area (Å²) in [6.07, 6.45) is 0. The predicted octanol–water partition coefficient (Wildman–Crippen LogP) is 3.69. The van der Waals surface area contributed by atoms with Gasteiger partial charge in [0.05, 0.1) is 11.0 Å². The highest BCUT2D eigenvalue weighted by Gasteiger charge is 2.14. The molecule has 108 valence electrons. The highest BCUT2D eigenvalue weighted by atomic mass is 127. The fourth-order valence-electron chi connectivity index (χ4n) is 1.90. The van der Waals surface area contributed by atoms with Crippen LogP contribution in [0.4, 0.5) is 5.69 Å². The van der Waals surface area contributed by atoms with E-state index in [0.29, 0.717) is 11.1 Å². The summed E-state index contributed by atoms with van der Waals surface area (Å²) >= 11 is 2.14. The predicted molar refractivity (Wildman–Crippen MR) is 88.1 cm³/mol. The van der Waals surface area contributed by atoms with E-state index in [1.165, 1.54) is 12.1 Å². The van der Waals surface area contributed by atoms with E-state index >= 15 is 0 Å². The molecular weight excluding hydrogens is 383 g/mol. The molecule has 0 spiro atoms. The van der Waals surface area contributed by atoms with E-state index in [9.17, 15) is 14.9 Å². The first-order chi connectivity index (χ1) is 9.97. The minimum absolute atomic E-state index is 0.0165. The first-order valence-electron chi connectivity index (χ1n) is 6.28. The lowest BCUT2D eigenvalue weighted by atomic mass is 10.1. The number of nitrogens with one attached hydrogen (secondary N) is 1. The summed E-state index contributed by atoms with van der Waals surface area (Å²) < 4.78 is 0.975. The Hall–Kier alpha value is -1.96. The van der Waals surface area contributed by atoms with Crippen molar-refractivity contribution in [1.82, 2.24) is 5.32 Å². The van der Waals surface area contributed by atoms with Gasteiger partial charge in [-0.2, -0.15) is 0 Å². The van der Waals surface area contributed by atoms with Gasteiger partial charge >= 0.3 is 0 Å². The lowest BCUT2D eigenvalue weighted by molar-refractivity contribution is -0.384. The smallest absolute Gasteiger partial charge is 0.269 e. The van der Waals surface area contributed by atoms with Crippen molar-refractivity contribution >= 4 is 34.2 Å². The van der Waals surface area contributed by atoms with Crippen LogP contribution in [0.2, 0.25) is 0 Å². The molecule has 5 nitrogen and oxygen atoms in total. The van der Waals surface area contributed by atoms with Gasteiger partial charge in [-0.05, 0) is 53.3 Å². The summed E-state index contributed by atoms with van der Waals surface area (Å²) in [6.45, 7) is 1.80. The van der Waals surface area contributed by atoms with E-state index in [1.54, 1.807) is 31.2 Å². The van der Waals surface area contributed by atoms with E-state index < -0.39 is 4.92 Å². The van der Waals surface area contributed by atoms with Gasteiger partial charge in [-0.3, -0.25) is 14.9 Å². The molecule has 0 radical (unpaired) electrons. The van der Waals surface area contributed by atoms with Crippen LogP contribution in [0, 0.1) is 13.7 Å². The number of carbonyl (C=O) groups is 1. The number of hydrogen-bond acceptors (Lipinski definition) is 3. The maximum atomic E-state index is 12.2. The third-order valence-corrected chi connectivity index (χ3v) is 3.69. The Morgan fingerprint density at radius 1 is 1.24 bits per heavy atom. The lowest BCUT2D eigenvalue weighted by Gasteiger charge is -2.14. The first kappa shape index (κ1) is 15.4. The number of hydrogen-bond donors (Lipinski definition) is 1. The molecule has 1 N–H and O–H groups in total. The molecule has 0 saturated carbocycles. The minimum Gasteiger partial charge on any atom is -0.346 e. The second kappa shape index (κ2) is 6.66. The molecule has 0 aliphatic carbocycles. The SMILES string of the molecule is CC(NC(=O)c1cccc(I)c1)c1cccc([N+](=O)[O-])c1. The number of rotatable bonds is 4. The summed E-state index contributed by atoms with van der Waals surface area (Å²) in [4.78, 5) is 22.5. The van der Waals surface area contributed by atoms with Gasteiger partial charge in [-0.25, -0.2) is 0 Å². The molecule has 0 aliphatic heterocycles. The number of benzene rings is 2. The average Bonchev–Trinajstić information content (AvgIpc) is 2.47. The molecule has 0 saturated heterocycles. The van der Waals surface area contributed by atoms with Gasteiger partial charge in [0.2, 0.25) is 0 Å². The van der Waals surface area contributed by atoms with Crippen molar-refractivity contribution in [3.63, 3.8) is 0 Å². The molecule has 1 unspecified atom stereocenters. The first-order valence-corrected chi connectivity index (χ1v) is 7.36. The van der Waals surface area contributed by atoms with Crippen LogP contribution in [0.1, 0.15) is 28.9 Å². The second-order valence-electron chi connectivity index (χ2n) is 4.56. The van der Waals surface area contributed by atoms with Gasteiger partial charge in [0, 0.05) is 21.3 Å². The zero-order chi connectivity index (χ0) is 15.4. The fourth-order valence-corrected chi connectivity index (χ4v) is 2.44. The number of nitro groups is 1. The molecule has 2 aromatic rings. The summed E-state index contributed by atoms with van der Waals surface area (Å²) in [5, 5.41) is 13.6. The molecule has 0 aliphatic rings. The van der Waals surface area contributed by atoms with Crippen LogP contribution in [0.15, 0.2) is 48.5 Å². The quantitative estimate of drug-likeness (QED) is 0.487. The molecule has 0 aromatic heterocycles. The number of carbonyl (C=O) groups excluding carboxylic acids is 1. The Morgan fingerprint density at radius 2 is 1.95 bits per heavy atom. The standard InChI is InChI=1S/C15H13IN2O3/c1-10(11-4-3-7-14(9-11)18(20)21)17-15(19)12-5-2-6-13(16)8-12/h2-10H,1H3,(H,17,19). The number of nitrogens with zero attached hydrogens (tertiary/aromatic N) is 1. The fraction of sp³-hybridized carbons (Fsp3) is 0.133. The molecule has 0 fully saturated rings. The molecular formula is C15H13IN2O3. The summed E-state index contributed by atoms with van der Waals surface area (Å²) in [6, 6.07) is 13.2. The Labute approximate surface area is 135 Å². The van der Waals surface area contributed by atoms with Gasteiger partial charge in [0.15, 0.2) is 0 Å². The van der Waals surface area contributed by atoms with Crippen molar-refractivity contribution in [3.8, 4) is 0 Å². The van der Waals surface area contributed by atoms with Crippen molar-refractivity contribution in [2.45, 2.75) is 13.0 Å². The van der Waals surface area contributed by atoms with Crippen molar-refractivity contribution in [1.29, 1.82) is 0 Å². The molecule has 1 atom stereocenters. The van der Waals surface area contributed by atoms with Crippen molar-refractivity contribution in [3.05, 3.63) is 73.3 Å². The maximum absolute atomic E-state index is 12.2. The Balaban J connectivity index is 2.14. The number of nitro benzene ring substituents is 1. The Kier molecular flexibility index (Phi) is 4.89. The van der Waals surface area contributed by atoms with Gasteiger partial charge < -0.3 is 5.32 Å². The number of non-ortho nitro benzene ring substituents is 1. The molecule has 21 heavy (non-hydrogen) atoms. The van der Waals surface area contributed by atoms with E-state index in [0.717, 1.165) is 3.57 Å². The second-order valence-corrected chi connectivity index (χ2v) is 5.80. The number of halogens is 1. The maximum Gasteiger partial charge on any atom is 0.269 e. The number of amides is 1. The zero-order valence-corrected chi connectivity index (χ0v) is 13.4. The van der Waals surface area contributed by atoms with E-state index in [4.69, 9.17) is 0 Å². The van der Waals surface area contributed by atoms with E-state index in [-0.39, 0.29) is 17.6 Å². The van der Waals surface area contributed by atoms with Crippen molar-refractivity contribution in [2.75, 3.05) is 0 Å². The summed E-state index contributed by atoms with van der Waals surface area (Å²) in [7, 11) is 0. The minimum atomic E-state index is -0.447. The molecule has 2 rings (SSSR count). The topological polar surface area (TPSA) is 72.2 Å². The van der Waals surface area contributed by atoms with Crippen LogP contribution in [0.5, 0.6) is 0 Å². The van der Waals surface area contributed by atoms with Crippen LogP contribution in [-0.2, 0) is 0 Å². The van der Waals surface area contributed by atoms with Gasteiger partial charge in [-0.1, -0.05) is 18.2 Å². The highest BCUT2D eigenvalue weighted by Crippen LogP contribution is 2.19. The molecule has 0 heterocycles. The summed E-state index contributed by atoms with van der Waals surface area (Å²) in [5.41, 5.74) is 1.28. The average molecular weight is 396 g/mol. The van der Waals surface area contributed by atoms with Gasteiger partial charge in [0.25, 0.3) is 11.6 Å². The lowest BCUT2D eigenvalue weighted by Crippen LogP contribution is -2.26. The monoisotopic (exact) mass is 396 g/mol. The normalized spacial score (nSPS) is 11.7. The van der Waals surface area contributed by atoms with Crippen LogP contribution in [0.3, 0.4) is 0 Å². The van der Waals surface area contributed by atoms with Gasteiger partial charge in [0.1, 0.15) is 0 Å². The van der Waals surface area contributed by atoms with Crippen molar-refractivity contribution < 1.29 is 9.72 Å². The van der Waals surface area contributed by atoms with Crippen molar-refractivity contribution in [2.24, 2.45) is 0 Å². The highest BCUT2D eigenvalue weighted by molar-refractivity contribution is 14.1. The van der Waals surface area contributed by atoms with E-state index in [2.05, 4.69) is 27.9 Å². The van der Waals surface area contributed by atoms with Gasteiger partial charge in [-0.15, -0.1) is 0 Å². The molecule has 1 amide bonds. The summed E-state index contributed by atoms with van der Waals surface area (Å²) in [5.74, 6) is -0.201. The third-order valence-electron chi connectivity index (χ3n) is 3.02. The third kappa shape index (κ3) is 4.01. The van der Waals surface area contributed by atoms with Crippen LogP contribution in [-0.4, -0.2) is 10.8 Å². The molecule has 0 bridgehead atoms. The molecule has 6 heteroatoms. The van der Waals surface area contributed by atoms with Crippen LogP contribution < -0.4 is 5.32 Å². The van der Waals surface area contributed by atoms with E-state index in [1.807, 2.05) is 12.1 Å².